The van der Waals surface area contributed by atoms with Gasteiger partial charge in [-0.3, -0.25) is 0 Å². The third-order valence-electron chi connectivity index (χ3n) is 9.37. The summed E-state index contributed by atoms with van der Waals surface area (Å²) in [6.45, 7) is 9.67. The number of fused-ring (bicyclic) bond motifs is 1. The molecule has 1 unspecified atom stereocenters. The number of benzene rings is 3. The van der Waals surface area contributed by atoms with Crippen molar-refractivity contribution in [1.82, 2.24) is 5.32 Å². The van der Waals surface area contributed by atoms with Crippen LogP contribution in [0.25, 0.3) is 16.8 Å². The molecule has 3 aromatic rings. The molecule has 0 aromatic heterocycles. The van der Waals surface area contributed by atoms with Crippen molar-refractivity contribution in [1.29, 1.82) is 0 Å². The van der Waals surface area contributed by atoms with Gasteiger partial charge >= 0.3 is 0 Å². The first-order valence-electron chi connectivity index (χ1n) is 16.8. The summed E-state index contributed by atoms with van der Waals surface area (Å²) < 4.78 is 48.7. The van der Waals surface area contributed by atoms with Gasteiger partial charge < -0.3 is 30.4 Å². The van der Waals surface area contributed by atoms with E-state index in [1.54, 1.807) is 6.07 Å². The second-order valence-corrected chi connectivity index (χ2v) is 13.4. The number of ether oxygens (including phenoxy) is 3. The van der Waals surface area contributed by atoms with Gasteiger partial charge in [0.2, 0.25) is 0 Å². The van der Waals surface area contributed by atoms with Crippen molar-refractivity contribution in [3.63, 3.8) is 0 Å². The van der Waals surface area contributed by atoms with Gasteiger partial charge in [-0.05, 0) is 75.0 Å². The first-order valence-corrected chi connectivity index (χ1v) is 17.2. The predicted molar refractivity (Wildman–Crippen MR) is 183 cm³/mol. The van der Waals surface area contributed by atoms with Gasteiger partial charge in [0.15, 0.2) is 23.5 Å². The minimum absolute atomic E-state index is 0.0531. The van der Waals surface area contributed by atoms with E-state index in [1.807, 2.05) is 37.3 Å². The molecule has 2 aliphatic heterocycles. The second-order valence-electron chi connectivity index (χ2n) is 13.0. The lowest BCUT2D eigenvalue weighted by Crippen LogP contribution is -2.46. The Morgan fingerprint density at radius 3 is 2.45 bits per heavy atom. The van der Waals surface area contributed by atoms with E-state index >= 15 is 8.78 Å². The maximum Gasteiger partial charge on any atom is 0.173 e. The van der Waals surface area contributed by atoms with E-state index in [0.717, 1.165) is 50.2 Å². The van der Waals surface area contributed by atoms with E-state index < -0.39 is 23.5 Å². The molecular formula is C38H47ClF2N2O4. The number of halogens is 3. The summed E-state index contributed by atoms with van der Waals surface area (Å²) >= 11 is 6.64. The van der Waals surface area contributed by atoms with Crippen LogP contribution in [0.3, 0.4) is 0 Å². The van der Waals surface area contributed by atoms with Gasteiger partial charge in [0, 0.05) is 59.6 Å². The van der Waals surface area contributed by atoms with E-state index in [0.29, 0.717) is 48.9 Å². The molecule has 47 heavy (non-hydrogen) atoms. The zero-order valence-corrected chi connectivity index (χ0v) is 28.2. The monoisotopic (exact) mass is 668 g/mol. The van der Waals surface area contributed by atoms with E-state index in [4.69, 9.17) is 36.7 Å². The van der Waals surface area contributed by atoms with Gasteiger partial charge in [-0.1, -0.05) is 62.4 Å². The minimum atomic E-state index is -0.828. The number of hydrogen-bond acceptors (Lipinski definition) is 6. The van der Waals surface area contributed by atoms with Crippen molar-refractivity contribution in [2.24, 2.45) is 11.7 Å². The van der Waals surface area contributed by atoms with Crippen LogP contribution in [-0.2, 0) is 16.8 Å². The molecule has 0 radical (unpaired) electrons. The van der Waals surface area contributed by atoms with Crippen LogP contribution in [0.2, 0.25) is 5.02 Å². The molecule has 2 heterocycles. The molecule has 0 amide bonds. The first kappa shape index (κ1) is 35.1. The summed E-state index contributed by atoms with van der Waals surface area (Å²) in [7, 11) is 0. The number of rotatable bonds is 9. The van der Waals surface area contributed by atoms with Gasteiger partial charge in [0.25, 0.3) is 0 Å². The highest BCUT2D eigenvalue weighted by molar-refractivity contribution is 6.34. The number of nitrogens with two attached hydrogens (primary N) is 1. The second kappa shape index (κ2) is 15.8. The van der Waals surface area contributed by atoms with Crippen LogP contribution >= 0.6 is 11.6 Å². The van der Waals surface area contributed by atoms with Gasteiger partial charge in [0.05, 0.1) is 11.6 Å². The zero-order chi connectivity index (χ0) is 33.6. The lowest BCUT2D eigenvalue weighted by atomic mass is 9.84. The smallest absolute Gasteiger partial charge is 0.173 e. The molecule has 2 fully saturated rings. The highest BCUT2D eigenvalue weighted by Crippen LogP contribution is 2.51. The van der Waals surface area contributed by atoms with Crippen molar-refractivity contribution in [3.8, 4) is 22.6 Å². The SMILES string of the molecule is C=C(N)c1ccc(OCCC)c(F)c1-c1c(Cl)c(F)cc2c1C[C@@](CNC1CCC(C)CC1)(c1ccccc1)O2.OC1CCCCO1. The van der Waals surface area contributed by atoms with E-state index in [2.05, 4.69) is 18.8 Å². The number of hydrogen-bond donors (Lipinski definition) is 3. The first-order chi connectivity index (χ1) is 22.6. The molecule has 1 aliphatic carbocycles. The largest absolute Gasteiger partial charge is 0.491 e. The Morgan fingerprint density at radius 2 is 1.83 bits per heavy atom. The predicted octanol–water partition coefficient (Wildman–Crippen LogP) is 8.51. The van der Waals surface area contributed by atoms with Crippen LogP contribution in [0.5, 0.6) is 11.5 Å². The maximum atomic E-state index is 16.2. The third-order valence-corrected chi connectivity index (χ3v) is 9.74. The lowest BCUT2D eigenvalue weighted by molar-refractivity contribution is -0.123. The molecule has 0 spiro atoms. The van der Waals surface area contributed by atoms with Gasteiger partial charge in [-0.15, -0.1) is 0 Å². The minimum Gasteiger partial charge on any atom is -0.491 e. The molecule has 254 valence electrons. The quantitative estimate of drug-likeness (QED) is 0.212. The average molecular weight is 669 g/mol. The Morgan fingerprint density at radius 1 is 1.09 bits per heavy atom. The van der Waals surface area contributed by atoms with Crippen LogP contribution in [0.1, 0.15) is 81.9 Å². The summed E-state index contributed by atoms with van der Waals surface area (Å²) in [6.07, 6.45) is 8.22. The molecule has 3 aromatic carbocycles. The Kier molecular flexibility index (Phi) is 11.8. The molecule has 2 atom stereocenters. The van der Waals surface area contributed by atoms with E-state index in [9.17, 15) is 0 Å². The summed E-state index contributed by atoms with van der Waals surface area (Å²) in [5.41, 5.74) is 7.64. The highest BCUT2D eigenvalue weighted by Gasteiger charge is 2.44. The molecule has 1 saturated heterocycles. The number of aliphatic hydroxyl groups excluding tert-OH is 1. The molecule has 4 N–H and O–H groups in total. The molecule has 0 bridgehead atoms. The molecule has 6 rings (SSSR count). The van der Waals surface area contributed by atoms with Gasteiger partial charge in [-0.25, -0.2) is 8.78 Å². The standard InChI is InChI=1S/C33H37ClF2N2O2.C5H10O2/c1-4-16-39-27-15-14-24(21(3)37)30(32(27)36)29-25-18-33(22-8-6-5-7-9-22,40-28(25)17-26(35)31(29)34)19-38-23-12-10-20(2)11-13-23;6-5-3-1-2-4-7-5/h5-9,14-15,17,20,23,38H,3-4,10-13,16,18-19,37H2,1-2H3;5-6H,1-4H2/t20?,23?,33-;/m1./s1. The van der Waals surface area contributed by atoms with E-state index in [-0.39, 0.29) is 27.6 Å². The van der Waals surface area contributed by atoms with Crippen molar-refractivity contribution in [3.05, 3.63) is 88.5 Å². The molecule has 1 saturated carbocycles. The molecular weight excluding hydrogens is 622 g/mol. The van der Waals surface area contributed by atoms with Crippen molar-refractivity contribution >= 4 is 17.3 Å². The molecule has 6 nitrogen and oxygen atoms in total. The fourth-order valence-corrected chi connectivity index (χ4v) is 6.96. The van der Waals surface area contributed by atoms with Crippen LogP contribution in [0, 0.1) is 17.6 Å². The summed E-state index contributed by atoms with van der Waals surface area (Å²) in [5.74, 6) is -0.218. The Bertz CT molecular complexity index is 1520. The van der Waals surface area contributed by atoms with Crippen molar-refractivity contribution in [2.75, 3.05) is 19.8 Å². The summed E-state index contributed by atoms with van der Waals surface area (Å²) in [5, 5.41) is 12.2. The van der Waals surface area contributed by atoms with Gasteiger partial charge in [-0.2, -0.15) is 0 Å². The fraction of sp³-hybridized carbons (Fsp3) is 0.474. The van der Waals surface area contributed by atoms with Crippen molar-refractivity contribution in [2.45, 2.75) is 89.6 Å². The zero-order valence-electron chi connectivity index (χ0n) is 27.4. The topological polar surface area (TPSA) is 86.0 Å². The number of aliphatic hydroxyl groups is 1. The summed E-state index contributed by atoms with van der Waals surface area (Å²) in [6, 6.07) is 14.8. The third kappa shape index (κ3) is 8.11. The Hall–Kier alpha value is -3.17. The van der Waals surface area contributed by atoms with Crippen LogP contribution < -0.4 is 20.5 Å². The summed E-state index contributed by atoms with van der Waals surface area (Å²) in [4.78, 5) is 0. The highest BCUT2D eigenvalue weighted by atomic mass is 35.5. The van der Waals surface area contributed by atoms with Gasteiger partial charge in [0.1, 0.15) is 11.6 Å². The van der Waals surface area contributed by atoms with Crippen LogP contribution in [0.4, 0.5) is 8.78 Å². The van der Waals surface area contributed by atoms with Crippen LogP contribution in [0.15, 0.2) is 55.1 Å². The van der Waals surface area contributed by atoms with E-state index in [1.165, 1.54) is 25.0 Å². The van der Waals surface area contributed by atoms with Crippen LogP contribution in [-0.4, -0.2) is 37.2 Å². The molecule has 3 aliphatic rings. The maximum absolute atomic E-state index is 16.2. The molecule has 9 heteroatoms. The fourth-order valence-electron chi connectivity index (χ4n) is 6.69. The lowest BCUT2D eigenvalue weighted by Gasteiger charge is -2.34. The normalized spacial score (nSPS) is 23.7. The average Bonchev–Trinajstić information content (AvgIpc) is 3.45. The Labute approximate surface area is 282 Å². The number of nitrogens with one attached hydrogen (secondary N) is 1. The van der Waals surface area contributed by atoms with Crippen molar-refractivity contribution < 1.29 is 28.1 Å². The Balaban J connectivity index is 0.000000549.